The van der Waals surface area contributed by atoms with Gasteiger partial charge in [-0.1, -0.05) is 6.92 Å². The maximum Gasteiger partial charge on any atom is 0.0897 e. The predicted molar refractivity (Wildman–Crippen MR) is 67.3 cm³/mol. The van der Waals surface area contributed by atoms with Crippen LogP contribution in [0, 0.1) is 12.8 Å². The van der Waals surface area contributed by atoms with Crippen LogP contribution in [-0.2, 0) is 11.2 Å². The molecule has 1 aromatic heterocycles. The van der Waals surface area contributed by atoms with E-state index in [2.05, 4.69) is 22.7 Å². The molecule has 1 aromatic rings. The van der Waals surface area contributed by atoms with Crippen molar-refractivity contribution >= 4 is 11.3 Å². The van der Waals surface area contributed by atoms with E-state index >= 15 is 0 Å². The first-order valence-corrected chi connectivity index (χ1v) is 6.39. The number of hydrazine groups is 1. The van der Waals surface area contributed by atoms with Crippen LogP contribution in [0.25, 0.3) is 0 Å². The van der Waals surface area contributed by atoms with Crippen LogP contribution >= 0.6 is 11.3 Å². The molecule has 5 heteroatoms. The topological polar surface area (TPSA) is 60.2 Å². The van der Waals surface area contributed by atoms with Crippen LogP contribution in [0.15, 0.2) is 5.38 Å². The van der Waals surface area contributed by atoms with Gasteiger partial charge in [-0.2, -0.15) is 0 Å². The van der Waals surface area contributed by atoms with Gasteiger partial charge in [0.25, 0.3) is 0 Å². The Morgan fingerprint density at radius 3 is 2.88 bits per heavy atom. The Labute approximate surface area is 101 Å². The molecular formula is C11H21N3OS. The lowest BCUT2D eigenvalue weighted by molar-refractivity contribution is 0.149. The summed E-state index contributed by atoms with van der Waals surface area (Å²) in [6.45, 7) is 4.96. The van der Waals surface area contributed by atoms with E-state index < -0.39 is 0 Å². The molecule has 0 aromatic carbocycles. The van der Waals surface area contributed by atoms with Gasteiger partial charge in [0, 0.05) is 31.6 Å². The highest BCUT2D eigenvalue weighted by molar-refractivity contribution is 7.09. The summed E-state index contributed by atoms with van der Waals surface area (Å²) in [4.78, 5) is 4.44. The van der Waals surface area contributed by atoms with Gasteiger partial charge in [-0.05, 0) is 19.3 Å². The van der Waals surface area contributed by atoms with Crippen LogP contribution < -0.4 is 11.3 Å². The molecule has 0 aliphatic heterocycles. The Kier molecular flexibility index (Phi) is 5.90. The third-order valence-corrected chi connectivity index (χ3v) is 3.32. The fraction of sp³-hybridized carbons (Fsp3) is 0.727. The molecule has 2 unspecified atom stereocenters. The predicted octanol–water partition coefficient (Wildman–Crippen LogP) is 1.50. The number of aromatic nitrogens is 1. The van der Waals surface area contributed by atoms with Crippen molar-refractivity contribution in [3.05, 3.63) is 16.1 Å². The van der Waals surface area contributed by atoms with Gasteiger partial charge in [0.05, 0.1) is 10.7 Å². The molecule has 0 amide bonds. The molecule has 0 fully saturated rings. The summed E-state index contributed by atoms with van der Waals surface area (Å²) in [5.74, 6) is 6.06. The summed E-state index contributed by atoms with van der Waals surface area (Å²) < 4.78 is 5.12. The zero-order valence-corrected chi connectivity index (χ0v) is 11.0. The number of hydrogen-bond acceptors (Lipinski definition) is 5. The quantitative estimate of drug-likeness (QED) is 0.563. The van der Waals surface area contributed by atoms with E-state index in [0.29, 0.717) is 5.92 Å². The number of nitrogens with one attached hydrogen (secondary N) is 1. The molecule has 92 valence electrons. The Morgan fingerprint density at radius 2 is 2.38 bits per heavy atom. The van der Waals surface area contributed by atoms with Crippen molar-refractivity contribution in [2.45, 2.75) is 32.7 Å². The average molecular weight is 243 g/mol. The van der Waals surface area contributed by atoms with E-state index in [0.717, 1.165) is 30.2 Å². The van der Waals surface area contributed by atoms with Crippen LogP contribution in [-0.4, -0.2) is 24.7 Å². The molecule has 1 heterocycles. The van der Waals surface area contributed by atoms with Crippen molar-refractivity contribution in [1.82, 2.24) is 10.4 Å². The molecule has 0 aliphatic rings. The fourth-order valence-corrected chi connectivity index (χ4v) is 2.43. The Balaban J connectivity index is 2.42. The summed E-state index contributed by atoms with van der Waals surface area (Å²) in [5, 5.41) is 3.21. The van der Waals surface area contributed by atoms with E-state index in [-0.39, 0.29) is 6.04 Å². The minimum absolute atomic E-state index is 0.270. The molecular weight excluding hydrogens is 222 g/mol. The molecule has 0 saturated carbocycles. The van der Waals surface area contributed by atoms with Crippen LogP contribution in [0.3, 0.4) is 0 Å². The average Bonchev–Trinajstić information content (AvgIpc) is 2.63. The summed E-state index contributed by atoms with van der Waals surface area (Å²) >= 11 is 1.68. The zero-order chi connectivity index (χ0) is 12.0. The zero-order valence-electron chi connectivity index (χ0n) is 10.2. The van der Waals surface area contributed by atoms with Crippen molar-refractivity contribution in [2.75, 3.05) is 13.7 Å². The van der Waals surface area contributed by atoms with Gasteiger partial charge in [0.15, 0.2) is 0 Å². The number of rotatable bonds is 7. The van der Waals surface area contributed by atoms with Crippen LogP contribution in [0.1, 0.15) is 24.0 Å². The number of thiazole rings is 1. The molecule has 0 bridgehead atoms. The summed E-state index contributed by atoms with van der Waals surface area (Å²) in [5.41, 5.74) is 3.98. The minimum atomic E-state index is 0.270. The number of nitrogens with zero attached hydrogens (tertiary/aromatic N) is 1. The van der Waals surface area contributed by atoms with Gasteiger partial charge in [0.1, 0.15) is 0 Å². The maximum atomic E-state index is 5.56. The van der Waals surface area contributed by atoms with Crippen LogP contribution in [0.4, 0.5) is 0 Å². The largest absolute Gasteiger partial charge is 0.384 e. The number of methoxy groups -OCH3 is 1. The number of aryl methyl sites for hydroxylation is 1. The molecule has 4 nitrogen and oxygen atoms in total. The van der Waals surface area contributed by atoms with Gasteiger partial charge >= 0.3 is 0 Å². The lowest BCUT2D eigenvalue weighted by atomic mass is 10.00. The summed E-state index contributed by atoms with van der Waals surface area (Å²) in [7, 11) is 1.73. The second-order valence-corrected chi connectivity index (χ2v) is 5.28. The molecule has 0 spiro atoms. The second-order valence-electron chi connectivity index (χ2n) is 4.22. The van der Waals surface area contributed by atoms with Crippen molar-refractivity contribution < 1.29 is 4.74 Å². The number of hydrogen-bond donors (Lipinski definition) is 2. The lowest BCUT2D eigenvalue weighted by Gasteiger charge is -2.18. The second kappa shape index (κ2) is 6.96. The summed E-state index contributed by atoms with van der Waals surface area (Å²) in [6.07, 6.45) is 1.88. The standard InChI is InChI=1S/C11H21N3OS/c1-8(6-15-3)4-10(14-12)5-11-7-16-9(2)13-11/h7-8,10,14H,4-6,12H2,1-3H3. The van der Waals surface area contributed by atoms with Gasteiger partial charge in [-0.15, -0.1) is 11.3 Å². The number of ether oxygens (including phenoxy) is 1. The smallest absolute Gasteiger partial charge is 0.0897 e. The first kappa shape index (κ1) is 13.6. The monoisotopic (exact) mass is 243 g/mol. The molecule has 0 aliphatic carbocycles. The highest BCUT2D eigenvalue weighted by atomic mass is 32.1. The van der Waals surface area contributed by atoms with Gasteiger partial charge in [-0.25, -0.2) is 4.98 Å². The normalized spacial score (nSPS) is 15.0. The van der Waals surface area contributed by atoms with Gasteiger partial charge in [-0.3, -0.25) is 11.3 Å². The Bertz CT molecular complexity index is 303. The first-order chi connectivity index (χ1) is 7.65. The highest BCUT2D eigenvalue weighted by Gasteiger charge is 2.13. The van der Waals surface area contributed by atoms with E-state index in [1.165, 1.54) is 0 Å². The SMILES string of the molecule is COCC(C)CC(Cc1csc(C)n1)NN. The highest BCUT2D eigenvalue weighted by Crippen LogP contribution is 2.13. The molecule has 1 rings (SSSR count). The van der Waals surface area contributed by atoms with E-state index in [9.17, 15) is 0 Å². The maximum absolute atomic E-state index is 5.56. The van der Waals surface area contributed by atoms with E-state index in [4.69, 9.17) is 10.6 Å². The molecule has 0 saturated heterocycles. The van der Waals surface area contributed by atoms with E-state index in [1.807, 2.05) is 6.92 Å². The third kappa shape index (κ3) is 4.57. The van der Waals surface area contributed by atoms with E-state index in [1.54, 1.807) is 18.4 Å². The number of nitrogens with two attached hydrogens (primary N) is 1. The van der Waals surface area contributed by atoms with Gasteiger partial charge < -0.3 is 4.74 Å². The van der Waals surface area contributed by atoms with Crippen molar-refractivity contribution in [3.63, 3.8) is 0 Å². The minimum Gasteiger partial charge on any atom is -0.384 e. The Hall–Kier alpha value is -0.490. The summed E-state index contributed by atoms with van der Waals surface area (Å²) in [6, 6.07) is 0.270. The fourth-order valence-electron chi connectivity index (χ4n) is 1.80. The molecule has 3 N–H and O–H groups in total. The third-order valence-electron chi connectivity index (χ3n) is 2.50. The van der Waals surface area contributed by atoms with Crippen molar-refractivity contribution in [1.29, 1.82) is 0 Å². The first-order valence-electron chi connectivity index (χ1n) is 5.51. The van der Waals surface area contributed by atoms with Gasteiger partial charge in [0.2, 0.25) is 0 Å². The van der Waals surface area contributed by atoms with Crippen molar-refractivity contribution in [3.8, 4) is 0 Å². The molecule has 0 radical (unpaired) electrons. The van der Waals surface area contributed by atoms with Crippen LogP contribution in [0.5, 0.6) is 0 Å². The lowest BCUT2D eigenvalue weighted by Crippen LogP contribution is -2.38. The van der Waals surface area contributed by atoms with Crippen LogP contribution in [0.2, 0.25) is 0 Å². The molecule has 16 heavy (non-hydrogen) atoms. The Morgan fingerprint density at radius 1 is 1.62 bits per heavy atom. The molecule has 2 atom stereocenters. The van der Waals surface area contributed by atoms with Crippen molar-refractivity contribution in [2.24, 2.45) is 11.8 Å².